The Morgan fingerprint density at radius 2 is 1.79 bits per heavy atom. The fourth-order valence-electron chi connectivity index (χ4n) is 1.84. The Hall–Kier alpha value is -2.16. The molecule has 0 fully saturated rings. The molecule has 0 aliphatic heterocycles. The molecule has 0 radical (unpaired) electrons. The van der Waals surface area contributed by atoms with Gasteiger partial charge in [0.05, 0.1) is 0 Å². The number of amides is 1. The smallest absolute Gasteiger partial charge is 0.251 e. The second kappa shape index (κ2) is 5.65. The zero-order valence-electron chi connectivity index (χ0n) is 11.0. The number of carbonyl (C=O) groups excluding carboxylic acids is 1. The van der Waals surface area contributed by atoms with E-state index < -0.39 is 0 Å². The van der Waals surface area contributed by atoms with Crippen LogP contribution in [0.15, 0.2) is 42.5 Å². The zero-order chi connectivity index (χ0) is 13.8. The van der Waals surface area contributed by atoms with Crippen molar-refractivity contribution >= 4 is 5.91 Å². The van der Waals surface area contributed by atoms with Gasteiger partial charge in [-0.25, -0.2) is 4.39 Å². The van der Waals surface area contributed by atoms with E-state index >= 15 is 0 Å². The van der Waals surface area contributed by atoms with Crippen molar-refractivity contribution in [2.24, 2.45) is 0 Å². The maximum atomic E-state index is 13.4. The fraction of sp³-hybridized carbons (Fsp3) is 0.188. The molecular formula is C16H16FNO. The van der Waals surface area contributed by atoms with Crippen LogP contribution < -0.4 is 5.32 Å². The third-order valence-corrected chi connectivity index (χ3v) is 3.09. The second-order valence-corrected chi connectivity index (χ2v) is 4.58. The summed E-state index contributed by atoms with van der Waals surface area (Å²) in [6.45, 7) is 4.06. The lowest BCUT2D eigenvalue weighted by atomic mass is 10.1. The summed E-state index contributed by atoms with van der Waals surface area (Å²) in [5, 5.41) is 2.80. The van der Waals surface area contributed by atoms with Crippen LogP contribution in [0.2, 0.25) is 0 Å². The van der Waals surface area contributed by atoms with Crippen molar-refractivity contribution < 1.29 is 9.18 Å². The zero-order valence-corrected chi connectivity index (χ0v) is 11.0. The number of benzene rings is 2. The predicted octanol–water partition coefficient (Wildman–Crippen LogP) is 3.37. The highest BCUT2D eigenvalue weighted by atomic mass is 19.1. The van der Waals surface area contributed by atoms with Gasteiger partial charge in [-0.2, -0.15) is 0 Å². The van der Waals surface area contributed by atoms with Crippen molar-refractivity contribution in [2.75, 3.05) is 0 Å². The highest BCUT2D eigenvalue weighted by Gasteiger charge is 2.11. The number of halogens is 1. The molecule has 1 N–H and O–H groups in total. The van der Waals surface area contributed by atoms with Crippen molar-refractivity contribution in [3.8, 4) is 0 Å². The Bertz CT molecular complexity index is 590. The maximum absolute atomic E-state index is 13.4. The van der Waals surface area contributed by atoms with Gasteiger partial charge in [-0.15, -0.1) is 0 Å². The Labute approximate surface area is 112 Å². The Morgan fingerprint density at radius 3 is 2.47 bits per heavy atom. The van der Waals surface area contributed by atoms with Crippen LogP contribution in [-0.2, 0) is 6.54 Å². The number of aryl methyl sites for hydroxylation is 1. The van der Waals surface area contributed by atoms with E-state index in [1.54, 1.807) is 19.1 Å². The van der Waals surface area contributed by atoms with Gasteiger partial charge in [0.2, 0.25) is 0 Å². The van der Waals surface area contributed by atoms with E-state index in [4.69, 9.17) is 0 Å². The third-order valence-electron chi connectivity index (χ3n) is 3.09. The van der Waals surface area contributed by atoms with E-state index in [-0.39, 0.29) is 11.7 Å². The van der Waals surface area contributed by atoms with Gasteiger partial charge in [-0.1, -0.05) is 35.9 Å². The summed E-state index contributed by atoms with van der Waals surface area (Å²) in [6.07, 6.45) is 0. The van der Waals surface area contributed by atoms with Gasteiger partial charge in [0.25, 0.3) is 5.91 Å². The van der Waals surface area contributed by atoms with E-state index in [0.29, 0.717) is 17.7 Å². The molecule has 19 heavy (non-hydrogen) atoms. The Kier molecular flexibility index (Phi) is 3.95. The van der Waals surface area contributed by atoms with Crippen molar-refractivity contribution in [3.05, 3.63) is 70.5 Å². The fourth-order valence-corrected chi connectivity index (χ4v) is 1.84. The summed E-state index contributed by atoms with van der Waals surface area (Å²) in [6, 6.07) is 12.4. The lowest BCUT2D eigenvalue weighted by Gasteiger charge is -2.08. The topological polar surface area (TPSA) is 29.1 Å². The van der Waals surface area contributed by atoms with Gasteiger partial charge < -0.3 is 5.32 Å². The number of hydrogen-bond acceptors (Lipinski definition) is 1. The highest BCUT2D eigenvalue weighted by Crippen LogP contribution is 2.12. The minimum atomic E-state index is -0.358. The molecule has 2 nitrogen and oxygen atoms in total. The molecule has 2 aromatic rings. The van der Waals surface area contributed by atoms with Gasteiger partial charge >= 0.3 is 0 Å². The van der Waals surface area contributed by atoms with E-state index in [1.165, 1.54) is 11.6 Å². The standard InChI is InChI=1S/C16H16FNO/c1-11-6-8-13(9-7-11)10-18-16(19)14-4-3-5-15(17)12(14)2/h3-9H,10H2,1-2H3,(H,18,19). The van der Waals surface area contributed by atoms with Gasteiger partial charge in [-0.05, 0) is 37.1 Å². The largest absolute Gasteiger partial charge is 0.348 e. The summed E-state index contributed by atoms with van der Waals surface area (Å²) in [7, 11) is 0. The van der Waals surface area contributed by atoms with Crippen LogP contribution in [0, 0.1) is 19.7 Å². The van der Waals surface area contributed by atoms with Gasteiger partial charge in [0, 0.05) is 12.1 Å². The Morgan fingerprint density at radius 1 is 1.11 bits per heavy atom. The SMILES string of the molecule is Cc1ccc(CNC(=O)c2cccc(F)c2C)cc1. The van der Waals surface area contributed by atoms with Crippen LogP contribution in [0.4, 0.5) is 4.39 Å². The summed E-state index contributed by atoms with van der Waals surface area (Å²) < 4.78 is 13.4. The molecule has 0 unspecified atom stereocenters. The predicted molar refractivity (Wildman–Crippen MR) is 73.5 cm³/mol. The van der Waals surface area contributed by atoms with E-state index in [1.807, 2.05) is 31.2 Å². The van der Waals surface area contributed by atoms with E-state index in [2.05, 4.69) is 5.32 Å². The molecule has 0 heterocycles. The first-order valence-electron chi connectivity index (χ1n) is 6.17. The van der Waals surface area contributed by atoms with Gasteiger partial charge in [0.1, 0.15) is 5.82 Å². The van der Waals surface area contributed by atoms with Crippen molar-refractivity contribution in [3.63, 3.8) is 0 Å². The molecular weight excluding hydrogens is 241 g/mol. The molecule has 0 saturated heterocycles. The minimum absolute atomic E-state index is 0.252. The van der Waals surface area contributed by atoms with Crippen LogP contribution >= 0.6 is 0 Å². The van der Waals surface area contributed by atoms with Crippen LogP contribution in [0.25, 0.3) is 0 Å². The van der Waals surface area contributed by atoms with Gasteiger partial charge in [0.15, 0.2) is 0 Å². The quantitative estimate of drug-likeness (QED) is 0.897. The first kappa shape index (κ1) is 13.3. The molecule has 1 amide bonds. The Balaban J connectivity index is 2.05. The van der Waals surface area contributed by atoms with Crippen molar-refractivity contribution in [1.29, 1.82) is 0 Å². The second-order valence-electron chi connectivity index (χ2n) is 4.58. The summed E-state index contributed by atoms with van der Waals surface area (Å²) in [5.74, 6) is -0.611. The lowest BCUT2D eigenvalue weighted by Crippen LogP contribution is -2.23. The minimum Gasteiger partial charge on any atom is -0.348 e. The van der Waals surface area contributed by atoms with E-state index in [9.17, 15) is 9.18 Å². The van der Waals surface area contributed by atoms with Crippen LogP contribution in [0.5, 0.6) is 0 Å². The van der Waals surface area contributed by atoms with E-state index in [0.717, 1.165) is 5.56 Å². The average Bonchev–Trinajstić information content (AvgIpc) is 2.41. The summed E-state index contributed by atoms with van der Waals surface area (Å²) in [4.78, 5) is 12.0. The monoisotopic (exact) mass is 257 g/mol. The molecule has 0 aliphatic carbocycles. The van der Waals surface area contributed by atoms with Crippen LogP contribution in [0.3, 0.4) is 0 Å². The summed E-state index contributed by atoms with van der Waals surface area (Å²) in [5.41, 5.74) is 2.96. The molecule has 0 atom stereocenters. The molecule has 2 aromatic carbocycles. The molecule has 0 aliphatic rings. The molecule has 0 aromatic heterocycles. The maximum Gasteiger partial charge on any atom is 0.251 e. The van der Waals surface area contributed by atoms with Crippen LogP contribution in [-0.4, -0.2) is 5.91 Å². The number of rotatable bonds is 3. The molecule has 98 valence electrons. The van der Waals surface area contributed by atoms with Gasteiger partial charge in [-0.3, -0.25) is 4.79 Å². The third kappa shape index (κ3) is 3.19. The highest BCUT2D eigenvalue weighted by molar-refractivity contribution is 5.95. The van der Waals surface area contributed by atoms with Crippen molar-refractivity contribution in [2.45, 2.75) is 20.4 Å². The first-order valence-corrected chi connectivity index (χ1v) is 6.17. The number of hydrogen-bond donors (Lipinski definition) is 1. The summed E-state index contributed by atoms with van der Waals surface area (Å²) >= 11 is 0. The molecule has 0 bridgehead atoms. The van der Waals surface area contributed by atoms with Crippen LogP contribution in [0.1, 0.15) is 27.0 Å². The first-order chi connectivity index (χ1) is 9.08. The lowest BCUT2D eigenvalue weighted by molar-refractivity contribution is 0.0950. The average molecular weight is 257 g/mol. The molecule has 0 saturated carbocycles. The van der Waals surface area contributed by atoms with Crippen molar-refractivity contribution in [1.82, 2.24) is 5.32 Å². The number of nitrogens with one attached hydrogen (secondary N) is 1. The normalized spacial score (nSPS) is 10.3. The molecule has 0 spiro atoms. The molecule has 3 heteroatoms. The number of carbonyl (C=O) groups is 1. The molecule has 2 rings (SSSR count).